The predicted molar refractivity (Wildman–Crippen MR) is 128 cm³/mol. The van der Waals surface area contributed by atoms with E-state index < -0.39 is 0 Å². The molecule has 0 aliphatic heterocycles. The largest absolute Gasteiger partial charge is 0.266 e. The van der Waals surface area contributed by atoms with Crippen molar-refractivity contribution in [2.45, 2.75) is 164 Å². The van der Waals surface area contributed by atoms with Gasteiger partial charge in [-0.25, -0.2) is 0 Å². The first-order valence-electron chi connectivity index (χ1n) is 11.1. The van der Waals surface area contributed by atoms with Gasteiger partial charge in [-0.2, -0.15) is 0 Å². The third-order valence-corrected chi connectivity index (χ3v) is 5.03. The van der Waals surface area contributed by atoms with Gasteiger partial charge in [0, 0.05) is 33.2 Å². The van der Waals surface area contributed by atoms with Crippen LogP contribution in [0.4, 0.5) is 0 Å². The smallest absolute Gasteiger partial charge is 0.122 e. The van der Waals surface area contributed by atoms with Crippen LogP contribution in [0.5, 0.6) is 0 Å². The third kappa shape index (κ3) is 6.99. The lowest BCUT2D eigenvalue weighted by Crippen LogP contribution is -2.78. The molecule has 0 N–H and O–H groups in total. The number of hydrogen-bond acceptors (Lipinski definition) is 3. The molecule has 0 aromatic heterocycles. The first-order valence-corrected chi connectivity index (χ1v) is 11.1. The van der Waals surface area contributed by atoms with Crippen molar-refractivity contribution < 1.29 is 0 Å². The van der Waals surface area contributed by atoms with Crippen molar-refractivity contribution in [1.82, 2.24) is 14.7 Å². The Bertz CT molecular complexity index is 375. The lowest BCUT2D eigenvalue weighted by atomic mass is 9.88. The van der Waals surface area contributed by atoms with Crippen LogP contribution < -0.4 is 0 Å². The average molecular weight is 398 g/mol. The van der Waals surface area contributed by atoms with E-state index >= 15 is 0 Å². The zero-order valence-corrected chi connectivity index (χ0v) is 22.9. The van der Waals surface area contributed by atoms with Crippen LogP contribution in [-0.4, -0.2) is 54.2 Å². The number of nitrogens with zero attached hydrogens (tertiary/aromatic N) is 3. The Morgan fingerprint density at radius 1 is 0.286 bits per heavy atom. The highest BCUT2D eigenvalue weighted by atomic mass is 15.6. The molecule has 0 unspecified atom stereocenters. The quantitative estimate of drug-likeness (QED) is 0.476. The lowest BCUT2D eigenvalue weighted by Gasteiger charge is -2.66. The van der Waals surface area contributed by atoms with Crippen LogP contribution in [-0.2, 0) is 0 Å². The van der Waals surface area contributed by atoms with Gasteiger partial charge >= 0.3 is 0 Å². The first-order chi connectivity index (χ1) is 11.7. The molecule has 0 bridgehead atoms. The number of hydrogen-bond donors (Lipinski definition) is 0. The van der Waals surface area contributed by atoms with E-state index in [1.165, 1.54) is 0 Å². The second kappa shape index (κ2) is 7.85. The normalized spacial score (nSPS) is 16.1. The summed E-state index contributed by atoms with van der Waals surface area (Å²) in [4.78, 5) is 8.19. The molecule has 0 aliphatic rings. The van der Waals surface area contributed by atoms with Gasteiger partial charge in [0.2, 0.25) is 0 Å². The maximum absolute atomic E-state index is 2.73. The van der Waals surface area contributed by atoms with Gasteiger partial charge in [-0.1, -0.05) is 0 Å². The van der Waals surface area contributed by atoms with Gasteiger partial charge in [0.1, 0.15) is 6.29 Å². The van der Waals surface area contributed by atoms with Crippen molar-refractivity contribution in [3.05, 3.63) is 0 Å². The summed E-state index contributed by atoms with van der Waals surface area (Å²) in [6, 6.07) is 0. The number of rotatable bonds is 3. The third-order valence-electron chi connectivity index (χ3n) is 5.03. The molecule has 0 aromatic carbocycles. The van der Waals surface area contributed by atoms with Crippen molar-refractivity contribution in [3.63, 3.8) is 0 Å². The predicted octanol–water partition coefficient (Wildman–Crippen LogP) is 6.97. The Balaban J connectivity index is 7.30. The average Bonchev–Trinajstić information content (AvgIpc) is 2.13. The van der Waals surface area contributed by atoms with E-state index in [4.69, 9.17) is 0 Å². The molecule has 0 rings (SSSR count). The molecule has 0 heterocycles. The molecule has 0 saturated heterocycles. The van der Waals surface area contributed by atoms with Gasteiger partial charge in [0.05, 0.1) is 0 Å². The van der Waals surface area contributed by atoms with Crippen LogP contribution in [0.1, 0.15) is 125 Å². The molecule has 0 saturated carbocycles. The van der Waals surface area contributed by atoms with Gasteiger partial charge in [0.15, 0.2) is 0 Å². The molecule has 0 fully saturated rings. The summed E-state index contributed by atoms with van der Waals surface area (Å²) >= 11 is 0. The van der Waals surface area contributed by atoms with E-state index in [1.807, 2.05) is 0 Å². The maximum atomic E-state index is 2.73. The highest BCUT2D eigenvalue weighted by Crippen LogP contribution is 2.42. The van der Waals surface area contributed by atoms with E-state index in [-0.39, 0.29) is 39.5 Å². The monoisotopic (exact) mass is 397 g/mol. The zero-order valence-electron chi connectivity index (χ0n) is 22.9. The van der Waals surface area contributed by atoms with Crippen molar-refractivity contribution in [2.24, 2.45) is 0 Å². The highest BCUT2D eigenvalue weighted by molar-refractivity contribution is 5.03. The summed E-state index contributed by atoms with van der Waals surface area (Å²) in [7, 11) is 0. The standard InChI is InChI=1S/C25H55N3/c1-20(2,3)26(21(4,5)6)19(27(22(7,8)9)23(10,11)12)28(24(13,14)15)25(16,17)18/h19H,1-18H3. The van der Waals surface area contributed by atoms with E-state index in [1.54, 1.807) is 0 Å². The molecule has 3 heteroatoms. The Morgan fingerprint density at radius 3 is 0.464 bits per heavy atom. The molecule has 0 aromatic rings. The molecule has 3 nitrogen and oxygen atoms in total. The van der Waals surface area contributed by atoms with E-state index in [2.05, 4.69) is 139 Å². The Morgan fingerprint density at radius 2 is 0.393 bits per heavy atom. The molecule has 170 valence electrons. The van der Waals surface area contributed by atoms with E-state index in [9.17, 15) is 0 Å². The maximum Gasteiger partial charge on any atom is 0.122 e. The first kappa shape index (κ1) is 27.9. The van der Waals surface area contributed by atoms with E-state index in [0.717, 1.165) is 0 Å². The van der Waals surface area contributed by atoms with Gasteiger partial charge in [-0.05, 0) is 125 Å². The summed E-state index contributed by atoms with van der Waals surface area (Å²) < 4.78 is 0. The minimum absolute atomic E-state index is 0.00637. The molecular weight excluding hydrogens is 342 g/mol. The van der Waals surface area contributed by atoms with Crippen LogP contribution in [0.2, 0.25) is 0 Å². The molecule has 0 radical (unpaired) electrons. The van der Waals surface area contributed by atoms with Gasteiger partial charge in [-0.15, -0.1) is 0 Å². The van der Waals surface area contributed by atoms with Crippen LogP contribution in [0.15, 0.2) is 0 Å². The second-order valence-corrected chi connectivity index (χ2v) is 14.5. The summed E-state index contributed by atoms with van der Waals surface area (Å²) in [5.41, 5.74) is 0.0382. The van der Waals surface area contributed by atoms with Crippen molar-refractivity contribution in [3.8, 4) is 0 Å². The molecule has 0 aliphatic carbocycles. The Labute approximate surface area is 179 Å². The minimum Gasteiger partial charge on any atom is -0.266 e. The minimum atomic E-state index is 0.00637. The molecular formula is C25H55N3. The van der Waals surface area contributed by atoms with Crippen molar-refractivity contribution >= 4 is 0 Å². The second-order valence-electron chi connectivity index (χ2n) is 14.5. The van der Waals surface area contributed by atoms with Gasteiger partial charge in [-0.3, -0.25) is 14.7 Å². The zero-order chi connectivity index (χ0) is 23.3. The fraction of sp³-hybridized carbons (Fsp3) is 1.00. The highest BCUT2D eigenvalue weighted by Gasteiger charge is 2.53. The van der Waals surface area contributed by atoms with Crippen molar-refractivity contribution in [2.75, 3.05) is 0 Å². The summed E-state index contributed by atoms with van der Waals surface area (Å²) in [5.74, 6) is 0. The van der Waals surface area contributed by atoms with Crippen LogP contribution in [0.3, 0.4) is 0 Å². The van der Waals surface area contributed by atoms with Crippen LogP contribution >= 0.6 is 0 Å². The van der Waals surface area contributed by atoms with E-state index in [0.29, 0.717) is 0 Å². The molecule has 0 spiro atoms. The van der Waals surface area contributed by atoms with Crippen LogP contribution in [0, 0.1) is 0 Å². The van der Waals surface area contributed by atoms with Crippen LogP contribution in [0.25, 0.3) is 0 Å². The SMILES string of the molecule is CC(C)(C)N(C(N(C(C)(C)C)C(C)(C)C)N(C(C)(C)C)C(C)(C)C)C(C)(C)C. The van der Waals surface area contributed by atoms with Gasteiger partial charge < -0.3 is 0 Å². The fourth-order valence-electron chi connectivity index (χ4n) is 5.44. The van der Waals surface area contributed by atoms with Gasteiger partial charge in [0.25, 0.3) is 0 Å². The topological polar surface area (TPSA) is 9.72 Å². The molecule has 0 atom stereocenters. The Kier molecular flexibility index (Phi) is 7.82. The molecule has 28 heavy (non-hydrogen) atoms. The molecule has 0 amide bonds. The summed E-state index contributed by atoms with van der Waals surface area (Å²) in [6.45, 7) is 42.5. The Hall–Kier alpha value is -0.120. The fourth-order valence-corrected chi connectivity index (χ4v) is 5.44. The summed E-state index contributed by atoms with van der Waals surface area (Å²) in [6.07, 6.45) is 0.139. The van der Waals surface area contributed by atoms with Crippen molar-refractivity contribution in [1.29, 1.82) is 0 Å². The lowest BCUT2D eigenvalue weighted by molar-refractivity contribution is -0.236. The summed E-state index contributed by atoms with van der Waals surface area (Å²) in [5, 5.41) is 0.